The summed E-state index contributed by atoms with van der Waals surface area (Å²) in [5.41, 5.74) is 4.24. The molecule has 5 aromatic rings. The summed E-state index contributed by atoms with van der Waals surface area (Å²) in [5.74, 6) is 0.832. The number of esters is 1. The Balaban J connectivity index is 0.000000207. The van der Waals surface area contributed by atoms with Gasteiger partial charge in [-0.05, 0) is 107 Å². The molecule has 20 heteroatoms. The van der Waals surface area contributed by atoms with Gasteiger partial charge in [0.25, 0.3) is 5.97 Å². The fourth-order valence-corrected chi connectivity index (χ4v) is 15.4. The predicted octanol–water partition coefficient (Wildman–Crippen LogP) is 9.87. The molecule has 0 fully saturated rings. The lowest BCUT2D eigenvalue weighted by atomic mass is 9.57. The van der Waals surface area contributed by atoms with Crippen molar-refractivity contribution in [3.05, 3.63) is 162 Å². The van der Waals surface area contributed by atoms with Crippen LogP contribution in [0.15, 0.2) is 150 Å². The van der Waals surface area contributed by atoms with Crippen LogP contribution in [0.1, 0.15) is 85.1 Å². The van der Waals surface area contributed by atoms with Crippen molar-refractivity contribution in [3.8, 4) is 11.5 Å². The molecular formula is C65H79N4O13P3. The van der Waals surface area contributed by atoms with Gasteiger partial charge in [-0.1, -0.05) is 162 Å². The molecule has 0 saturated carbocycles. The Morgan fingerprint density at radius 2 is 1.07 bits per heavy atom. The van der Waals surface area contributed by atoms with Crippen molar-refractivity contribution in [1.29, 1.82) is 0 Å². The standard InChI is InChI=1S/C20H24NO4P.C18H22NO3P.C18H15P.C5H10N2O2.C2H4O2.CO2.CH4/c1-5-21(4)14-10-12-6-9-16(26-23)18-17(12)20(3)13(14)7-8-15(19(20)25-18)24-11(2)22;1-4-19(3)12-9-10-5-8-14(23-21)16-15(10)18(2)11(12)6-7-13(20)17(18)22-16;1-4-10-16(11-5-1)19(17-12-6-2-7-13-17)18-14-8-3-9-15-18;1-3-6-7-5(8)9-4-2;1-2(3)4;2-1-3;/h6-9,13-15,19H,5,10H2,1-4H3;5-8,11-13,17,20H,4,9H2,1-3H3;1-15H;3-4H2,1-2H3;1H3,(H,3,4);;1H4/t13-,14+,15+,19?,20-;11-,12+,13-,17?,18-;;;;;/m00...../s1. The Bertz CT molecular complexity index is 3100. The highest BCUT2D eigenvalue weighted by Crippen LogP contribution is 2.58. The summed E-state index contributed by atoms with van der Waals surface area (Å²) in [6.45, 7) is 17.6. The molecule has 5 aromatic carbocycles. The highest BCUT2D eigenvalue weighted by Gasteiger charge is 2.62. The van der Waals surface area contributed by atoms with Crippen molar-refractivity contribution < 1.29 is 62.3 Å². The monoisotopic (exact) mass is 1220 g/mol. The number of ether oxygens (including phenoxy) is 4. The fraction of sp³-hybridized carbons (Fsp3) is 0.415. The van der Waals surface area contributed by atoms with Crippen LogP contribution in [0, 0.1) is 11.8 Å². The predicted molar refractivity (Wildman–Crippen MR) is 332 cm³/mol. The van der Waals surface area contributed by atoms with Gasteiger partial charge in [0, 0.05) is 59.7 Å². The zero-order chi connectivity index (χ0) is 61.3. The Morgan fingerprint density at radius 1 is 0.671 bits per heavy atom. The SMILES string of the molecule is C.CC(=O)O.CCN(C)[C@@H]1Cc2ccc(P=O)c3c2[C@@]2(C)C(O3)[C@@H](O)C=C[C@@H]12.CCN(C)[C@@H]1Cc2ccc(P=O)c3c2[C@@]2(C)C(O3)[C@H](OC(C)=O)C=C[C@@H]12.CCN=NC(=O)OCC.O=C=O.c1ccc(P(c2ccccc2)c2ccccc2)cc1. The molecule has 10 atom stereocenters. The van der Waals surface area contributed by atoms with E-state index in [0.717, 1.165) is 55.5 Å². The van der Waals surface area contributed by atoms with E-state index in [9.17, 15) is 23.8 Å². The van der Waals surface area contributed by atoms with Gasteiger partial charge in [0.15, 0.2) is 23.0 Å². The van der Waals surface area contributed by atoms with Gasteiger partial charge >= 0.3 is 18.2 Å². The van der Waals surface area contributed by atoms with Gasteiger partial charge < -0.3 is 39.0 Å². The maximum absolute atomic E-state index is 11.7. The molecule has 0 saturated heterocycles. The van der Waals surface area contributed by atoms with Crippen molar-refractivity contribution in [2.24, 2.45) is 22.1 Å². The molecule has 0 bridgehead atoms. The molecule has 2 heterocycles. The molecular weight excluding hydrogens is 1140 g/mol. The number of amides is 1. The van der Waals surface area contributed by atoms with Crippen LogP contribution in [0.4, 0.5) is 4.79 Å². The summed E-state index contributed by atoms with van der Waals surface area (Å²) in [6, 6.07) is 41.0. The van der Waals surface area contributed by atoms with Crippen molar-refractivity contribution in [3.63, 3.8) is 0 Å². The van der Waals surface area contributed by atoms with Crippen LogP contribution in [0.3, 0.4) is 0 Å². The number of aliphatic hydroxyl groups is 1. The second-order valence-electron chi connectivity index (χ2n) is 21.0. The van der Waals surface area contributed by atoms with E-state index in [-0.39, 0.29) is 71.3 Å². The number of aliphatic carboxylic acids is 1. The molecule has 2 N–H and O–H groups in total. The summed E-state index contributed by atoms with van der Waals surface area (Å²) in [7, 11) is 3.79. The molecule has 85 heavy (non-hydrogen) atoms. The molecule has 1 amide bonds. The average molecular weight is 1220 g/mol. The van der Waals surface area contributed by atoms with Crippen LogP contribution >= 0.6 is 24.8 Å². The quantitative estimate of drug-likeness (QED) is 0.0513. The van der Waals surface area contributed by atoms with Gasteiger partial charge in [0.05, 0.1) is 23.8 Å². The topological polar surface area (TPSA) is 228 Å². The van der Waals surface area contributed by atoms with Crippen LogP contribution in [-0.2, 0) is 61.5 Å². The molecule has 452 valence electrons. The van der Waals surface area contributed by atoms with E-state index in [2.05, 4.69) is 182 Å². The van der Waals surface area contributed by atoms with Crippen LogP contribution < -0.4 is 36.0 Å². The van der Waals surface area contributed by atoms with Crippen molar-refractivity contribution in [2.45, 2.75) is 123 Å². The van der Waals surface area contributed by atoms with Gasteiger partial charge in [0.2, 0.25) is 0 Å². The number of azo groups is 1. The number of aliphatic hydroxyl groups excluding tert-OH is 1. The zero-order valence-corrected chi connectivity index (χ0v) is 51.8. The molecule has 0 spiro atoms. The number of carbonyl (C=O) groups excluding carboxylic acids is 4. The first-order chi connectivity index (χ1) is 40.3. The summed E-state index contributed by atoms with van der Waals surface area (Å²) < 4.78 is 45.7. The minimum absolute atomic E-state index is 0. The number of carbonyl (C=O) groups is 3. The Labute approximate surface area is 504 Å². The zero-order valence-electron chi connectivity index (χ0n) is 49.2. The van der Waals surface area contributed by atoms with Crippen molar-refractivity contribution in [2.75, 3.05) is 40.3 Å². The largest absolute Gasteiger partial charge is 0.485 e. The number of benzene rings is 5. The fourth-order valence-electron chi connectivity index (χ4n) is 12.4. The first-order valence-electron chi connectivity index (χ1n) is 28.0. The van der Waals surface area contributed by atoms with E-state index in [1.165, 1.54) is 34.0 Å². The lowest BCUT2D eigenvalue weighted by Crippen LogP contribution is -2.59. The summed E-state index contributed by atoms with van der Waals surface area (Å²) in [6.07, 6.45) is 8.08. The maximum atomic E-state index is 11.7. The Kier molecular flexibility index (Phi) is 25.9. The smallest absolute Gasteiger partial charge is 0.452 e. The first kappa shape index (κ1) is 68.9. The average Bonchev–Trinajstić information content (AvgIpc) is 1.91. The number of carboxylic acid groups (broad SMARTS) is 1. The number of carboxylic acids is 1. The van der Waals surface area contributed by atoms with E-state index >= 15 is 0 Å². The molecule has 2 aliphatic heterocycles. The highest BCUT2D eigenvalue weighted by molar-refractivity contribution is 7.79. The number of rotatable bonds is 12. The van der Waals surface area contributed by atoms with E-state index in [4.69, 9.17) is 33.7 Å². The molecule has 6 aliphatic rings. The summed E-state index contributed by atoms with van der Waals surface area (Å²) in [5, 5.41) is 30.1. The number of hydrogen-bond donors (Lipinski definition) is 2. The molecule has 0 aromatic heterocycles. The van der Waals surface area contributed by atoms with Crippen LogP contribution in [0.2, 0.25) is 0 Å². The summed E-state index contributed by atoms with van der Waals surface area (Å²) >= 11 is 0. The van der Waals surface area contributed by atoms with E-state index in [1.54, 1.807) is 13.8 Å². The minimum atomic E-state index is -0.833. The third-order valence-corrected chi connectivity index (χ3v) is 19.7. The van der Waals surface area contributed by atoms with Crippen molar-refractivity contribution >= 4 is 75.5 Å². The molecule has 17 nitrogen and oxygen atoms in total. The Morgan fingerprint density at radius 3 is 1.45 bits per heavy atom. The Hall–Kier alpha value is -6.92. The van der Waals surface area contributed by atoms with Crippen LogP contribution in [0.5, 0.6) is 11.5 Å². The van der Waals surface area contributed by atoms with E-state index < -0.39 is 32.2 Å². The lowest BCUT2D eigenvalue weighted by molar-refractivity contribution is -0.191. The lowest BCUT2D eigenvalue weighted by Gasteiger charge is -2.50. The molecule has 11 rings (SSSR count). The van der Waals surface area contributed by atoms with Gasteiger partial charge in [-0.25, -0.2) is 4.79 Å². The van der Waals surface area contributed by atoms with Crippen LogP contribution in [-0.4, -0.2) is 121 Å². The molecule has 2 unspecified atom stereocenters. The maximum Gasteiger partial charge on any atom is 0.452 e. The normalized spacial score (nSPS) is 24.2. The number of likely N-dealkylation sites (N-methyl/N-ethyl adjacent to an activating group) is 2. The minimum Gasteiger partial charge on any atom is -0.485 e. The highest BCUT2D eigenvalue weighted by atomic mass is 31.1. The van der Waals surface area contributed by atoms with E-state index in [1.807, 2.05) is 24.3 Å². The van der Waals surface area contributed by atoms with Crippen molar-refractivity contribution in [1.82, 2.24) is 9.80 Å². The third kappa shape index (κ3) is 15.4. The van der Waals surface area contributed by atoms with Crippen LogP contribution in [0.25, 0.3) is 0 Å². The second kappa shape index (κ2) is 32.0. The van der Waals surface area contributed by atoms with E-state index in [0.29, 0.717) is 35.8 Å². The third-order valence-electron chi connectivity index (χ3n) is 16.1. The van der Waals surface area contributed by atoms with Gasteiger partial charge in [-0.15, -0.1) is 0 Å². The molecule has 4 aliphatic carbocycles. The number of hydrogen-bond acceptors (Lipinski definition) is 15. The van der Waals surface area contributed by atoms with Gasteiger partial charge in [-0.3, -0.25) is 18.7 Å². The van der Waals surface area contributed by atoms with Gasteiger partial charge in [0.1, 0.15) is 29.8 Å². The second-order valence-corrected chi connectivity index (χ2v) is 24.5. The van der Waals surface area contributed by atoms with Gasteiger partial charge in [-0.2, -0.15) is 14.7 Å². The summed E-state index contributed by atoms with van der Waals surface area (Å²) in [4.78, 5) is 51.9. The molecule has 0 radical (unpaired) electrons. The first-order valence-corrected chi connectivity index (χ1v) is 30.9. The number of nitrogens with zero attached hydrogens (tertiary/aromatic N) is 4.